The van der Waals surface area contributed by atoms with Gasteiger partial charge in [0.25, 0.3) is 0 Å². The number of ether oxygens (including phenoxy) is 1. The molecule has 0 bridgehead atoms. The number of nitrogens with two attached hydrogens (primary N) is 1. The van der Waals surface area contributed by atoms with Crippen LogP contribution < -0.4 is 11.1 Å². The predicted molar refractivity (Wildman–Crippen MR) is 177 cm³/mol. The second kappa shape index (κ2) is 22.0. The summed E-state index contributed by atoms with van der Waals surface area (Å²) in [4.78, 5) is 24.4. The predicted octanol–water partition coefficient (Wildman–Crippen LogP) is 6.44. The van der Waals surface area contributed by atoms with E-state index in [1.807, 2.05) is 13.0 Å². The van der Waals surface area contributed by atoms with Gasteiger partial charge in [0.2, 0.25) is 5.91 Å². The number of carbonyl (C=O) groups is 1. The molecule has 0 fully saturated rings. The van der Waals surface area contributed by atoms with Crippen LogP contribution in [-0.4, -0.2) is 58.1 Å². The third kappa shape index (κ3) is 15.2. The number of anilines is 1. The molecule has 11 nitrogen and oxygen atoms in total. The molecule has 0 saturated heterocycles. The number of aromatic nitrogens is 4. The van der Waals surface area contributed by atoms with Gasteiger partial charge < -0.3 is 29.4 Å². The van der Waals surface area contributed by atoms with Crippen molar-refractivity contribution < 1.29 is 23.1 Å². The van der Waals surface area contributed by atoms with Crippen LogP contribution in [0.3, 0.4) is 0 Å². The fraction of sp³-hybridized carbons (Fsp3) is 0.438. The lowest BCUT2D eigenvalue weighted by atomic mass is 10.2. The Morgan fingerprint density at radius 1 is 0.955 bits per heavy atom. The van der Waals surface area contributed by atoms with Crippen molar-refractivity contribution in [2.75, 3.05) is 32.3 Å². The van der Waals surface area contributed by atoms with E-state index in [1.165, 1.54) is 19.5 Å². The van der Waals surface area contributed by atoms with Gasteiger partial charge in [-0.3, -0.25) is 9.36 Å². The molecule has 3 N–H and O–H groups in total. The largest absolute Gasteiger partial charge is 0.382 e. The lowest BCUT2D eigenvalue weighted by Gasteiger charge is -2.20. The van der Waals surface area contributed by atoms with Gasteiger partial charge in [0, 0.05) is 13.7 Å². The molecule has 2 aromatic rings. The number of imidazole rings is 1. The van der Waals surface area contributed by atoms with E-state index >= 15 is 0 Å². The number of fused-ring (bicyclic) bond motifs is 1. The van der Waals surface area contributed by atoms with Gasteiger partial charge in [0.05, 0.1) is 25.6 Å². The summed E-state index contributed by atoms with van der Waals surface area (Å²) < 4.78 is 30.9. The molecule has 0 aliphatic carbocycles. The molecule has 12 heteroatoms. The summed E-state index contributed by atoms with van der Waals surface area (Å²) in [6, 6.07) is 0. The first-order chi connectivity index (χ1) is 21.4. The SMILES string of the molecule is CC/C=C\C/C=C\C/C=C\C/C=C\C/C=C\C/C=C\C(=O)NCCOP(=O)(CO[C@H](C)Cn1cnc2c(N)ncnc21)OC. The number of rotatable bonds is 22. The molecule has 2 atom stereocenters. The Labute approximate surface area is 261 Å². The van der Waals surface area contributed by atoms with E-state index in [2.05, 4.69) is 81.9 Å². The van der Waals surface area contributed by atoms with Crippen LogP contribution in [0, 0.1) is 0 Å². The average Bonchev–Trinajstić information content (AvgIpc) is 3.43. The zero-order valence-corrected chi connectivity index (χ0v) is 27.0. The van der Waals surface area contributed by atoms with Gasteiger partial charge in [-0.1, -0.05) is 73.8 Å². The van der Waals surface area contributed by atoms with Crippen molar-refractivity contribution in [2.24, 2.45) is 0 Å². The maximum absolute atomic E-state index is 12.9. The first-order valence-corrected chi connectivity index (χ1v) is 16.6. The zero-order valence-electron chi connectivity index (χ0n) is 26.1. The van der Waals surface area contributed by atoms with Crippen molar-refractivity contribution in [3.05, 3.63) is 85.6 Å². The smallest absolute Gasteiger partial charge is 0.355 e. The van der Waals surface area contributed by atoms with Gasteiger partial charge in [-0.15, -0.1) is 0 Å². The minimum absolute atomic E-state index is 0.0135. The van der Waals surface area contributed by atoms with Crippen LogP contribution in [0.1, 0.15) is 52.4 Å². The van der Waals surface area contributed by atoms with Gasteiger partial charge in [-0.2, -0.15) is 0 Å². The van der Waals surface area contributed by atoms with Crippen LogP contribution in [0.5, 0.6) is 0 Å². The second-order valence-electron chi connectivity index (χ2n) is 9.70. The molecule has 1 unspecified atom stereocenters. The summed E-state index contributed by atoms with van der Waals surface area (Å²) in [7, 11) is -2.20. The van der Waals surface area contributed by atoms with Crippen molar-refractivity contribution in [3.8, 4) is 0 Å². The topological polar surface area (TPSA) is 143 Å². The van der Waals surface area contributed by atoms with Crippen molar-refractivity contribution in [1.82, 2.24) is 24.8 Å². The van der Waals surface area contributed by atoms with Crippen LogP contribution >= 0.6 is 7.60 Å². The molecule has 0 aliphatic heterocycles. The lowest BCUT2D eigenvalue weighted by molar-refractivity contribution is -0.116. The Kier molecular flexibility index (Phi) is 18.3. The number of amides is 1. The lowest BCUT2D eigenvalue weighted by Crippen LogP contribution is -2.25. The summed E-state index contributed by atoms with van der Waals surface area (Å²) in [5.74, 6) is 0.0441. The molecular formula is C32H47N6O5P. The maximum atomic E-state index is 12.9. The minimum Gasteiger partial charge on any atom is -0.382 e. The van der Waals surface area contributed by atoms with Gasteiger partial charge in [0.15, 0.2) is 11.5 Å². The van der Waals surface area contributed by atoms with Crippen LogP contribution in [0.2, 0.25) is 0 Å². The Balaban J connectivity index is 1.55. The number of nitrogen functional groups attached to an aromatic ring is 1. The van der Waals surface area contributed by atoms with E-state index < -0.39 is 7.60 Å². The molecule has 0 saturated carbocycles. The van der Waals surface area contributed by atoms with E-state index in [-0.39, 0.29) is 31.5 Å². The van der Waals surface area contributed by atoms with Gasteiger partial charge in [0.1, 0.15) is 18.2 Å². The van der Waals surface area contributed by atoms with E-state index in [9.17, 15) is 9.36 Å². The van der Waals surface area contributed by atoms with Crippen LogP contribution in [0.15, 0.2) is 85.6 Å². The quantitative estimate of drug-likeness (QED) is 0.0653. The highest BCUT2D eigenvalue weighted by atomic mass is 31.2. The van der Waals surface area contributed by atoms with E-state index in [4.69, 9.17) is 19.5 Å². The molecule has 2 rings (SSSR count). The molecule has 44 heavy (non-hydrogen) atoms. The first kappa shape index (κ1) is 36.6. The third-order valence-corrected chi connectivity index (χ3v) is 7.66. The molecule has 0 aliphatic rings. The van der Waals surface area contributed by atoms with E-state index in [0.717, 1.165) is 32.1 Å². The highest BCUT2D eigenvalue weighted by Gasteiger charge is 2.25. The Morgan fingerprint density at radius 2 is 1.55 bits per heavy atom. The molecular weight excluding hydrogens is 579 g/mol. The minimum atomic E-state index is -3.50. The number of hydrogen-bond donors (Lipinski definition) is 2. The van der Waals surface area contributed by atoms with E-state index in [1.54, 1.807) is 17.0 Å². The third-order valence-electron chi connectivity index (χ3n) is 6.07. The fourth-order valence-corrected chi connectivity index (χ4v) is 4.83. The van der Waals surface area contributed by atoms with Gasteiger partial charge >= 0.3 is 7.60 Å². The number of nitrogens with one attached hydrogen (secondary N) is 1. The van der Waals surface area contributed by atoms with Gasteiger partial charge in [-0.05, 0) is 51.5 Å². The van der Waals surface area contributed by atoms with Crippen molar-refractivity contribution in [2.45, 2.75) is 65.0 Å². The van der Waals surface area contributed by atoms with Crippen molar-refractivity contribution >= 4 is 30.5 Å². The molecule has 1 amide bonds. The van der Waals surface area contributed by atoms with Crippen LogP contribution in [0.4, 0.5) is 5.82 Å². The van der Waals surface area contributed by atoms with E-state index in [0.29, 0.717) is 29.9 Å². The standard InChI is InChI=1S/C32H47N6O5P/c1-4-5-6-7-8-9-10-11-12-13-14-15-16-17-18-19-20-21-29(39)34-22-23-43-44(40,41-3)27-42-28(2)24-38-26-37-30-31(33)35-25-36-32(30)38/h5-6,8-9,11-12,14-15,17-18,20-21,25-26,28H,4,7,10,13,16,19,22-24,27H2,1-3H3,(H,34,39)(H2,33,35,36)/b6-5-,9-8-,12-11-,15-14-,18-17-,21-20-/t28-,44?/m1/s1. The Bertz CT molecular complexity index is 1350. The molecule has 0 radical (unpaired) electrons. The summed E-state index contributed by atoms with van der Waals surface area (Å²) in [6.07, 6.45) is 32.5. The average molecular weight is 627 g/mol. The number of allylic oxidation sites excluding steroid dienone is 11. The Hall–Kier alpha value is -3.63. The summed E-state index contributed by atoms with van der Waals surface area (Å²) in [6.45, 7) is 4.55. The summed E-state index contributed by atoms with van der Waals surface area (Å²) >= 11 is 0. The van der Waals surface area contributed by atoms with Crippen molar-refractivity contribution in [1.29, 1.82) is 0 Å². The summed E-state index contributed by atoms with van der Waals surface area (Å²) in [5, 5.41) is 2.70. The Morgan fingerprint density at radius 3 is 2.14 bits per heavy atom. The summed E-state index contributed by atoms with van der Waals surface area (Å²) in [5.41, 5.74) is 6.92. The molecule has 0 spiro atoms. The number of hydrogen-bond acceptors (Lipinski definition) is 9. The molecule has 2 aromatic heterocycles. The molecule has 0 aromatic carbocycles. The highest BCUT2D eigenvalue weighted by Crippen LogP contribution is 2.47. The number of carbonyl (C=O) groups excluding carboxylic acids is 1. The normalized spacial score (nSPS) is 14.8. The zero-order chi connectivity index (χ0) is 31.9. The molecule has 2 heterocycles. The molecule has 240 valence electrons. The highest BCUT2D eigenvalue weighted by molar-refractivity contribution is 7.53. The maximum Gasteiger partial charge on any atom is 0.355 e. The van der Waals surface area contributed by atoms with Crippen LogP contribution in [0.25, 0.3) is 11.2 Å². The second-order valence-corrected chi connectivity index (χ2v) is 11.8. The van der Waals surface area contributed by atoms with Crippen molar-refractivity contribution in [3.63, 3.8) is 0 Å². The number of nitrogens with zero attached hydrogens (tertiary/aromatic N) is 4. The monoisotopic (exact) mass is 626 g/mol. The first-order valence-electron chi connectivity index (χ1n) is 14.9. The van der Waals surface area contributed by atoms with Gasteiger partial charge in [-0.25, -0.2) is 15.0 Å². The van der Waals surface area contributed by atoms with Crippen LogP contribution in [-0.2, 0) is 29.7 Å². The fourth-order valence-electron chi connectivity index (χ4n) is 3.74.